The zero-order valence-electron chi connectivity index (χ0n) is 11.3. The summed E-state index contributed by atoms with van der Waals surface area (Å²) in [5, 5.41) is 4.01. The fraction of sp³-hybridized carbons (Fsp3) is 0.462. The summed E-state index contributed by atoms with van der Waals surface area (Å²) in [5.41, 5.74) is 1.83. The zero-order valence-corrected chi connectivity index (χ0v) is 11.3. The van der Waals surface area contributed by atoms with E-state index in [1.54, 1.807) is 12.1 Å². The molecule has 0 heterocycles. The largest absolute Gasteiger partial charge is 0.463 e. The van der Waals surface area contributed by atoms with Gasteiger partial charge in [0.15, 0.2) is 0 Å². The van der Waals surface area contributed by atoms with Gasteiger partial charge in [-0.25, -0.2) is 4.39 Å². The van der Waals surface area contributed by atoms with Crippen LogP contribution in [0.1, 0.15) is 25.8 Å². The summed E-state index contributed by atoms with van der Waals surface area (Å²) in [4.78, 5) is 5.02. The van der Waals surface area contributed by atoms with Gasteiger partial charge in [-0.05, 0) is 43.2 Å². The van der Waals surface area contributed by atoms with Gasteiger partial charge in [0.2, 0.25) is 6.86 Å². The second-order valence-corrected chi connectivity index (χ2v) is 3.33. The van der Waals surface area contributed by atoms with E-state index in [4.69, 9.17) is 9.57 Å². The van der Waals surface area contributed by atoms with Gasteiger partial charge in [-0.3, -0.25) is 0 Å². The molecule has 114 valence electrons. The van der Waals surface area contributed by atoms with E-state index >= 15 is 0 Å². The molecule has 0 aliphatic rings. The Morgan fingerprint density at radius 3 is 2.10 bits per heavy atom. The van der Waals surface area contributed by atoms with Crippen molar-refractivity contribution >= 4 is 5.71 Å². The van der Waals surface area contributed by atoms with Crippen molar-refractivity contribution < 1.29 is 27.1 Å². The van der Waals surface area contributed by atoms with E-state index in [1.807, 2.05) is 26.0 Å². The molecule has 7 heteroatoms. The van der Waals surface area contributed by atoms with Gasteiger partial charge < -0.3 is 9.57 Å². The van der Waals surface area contributed by atoms with Crippen molar-refractivity contribution in [2.24, 2.45) is 5.16 Å². The van der Waals surface area contributed by atoms with E-state index in [0.29, 0.717) is 12.4 Å². The Morgan fingerprint density at radius 2 is 1.70 bits per heavy atom. The number of nitrogens with zero attached hydrogens (tertiary/aromatic N) is 1. The summed E-state index contributed by atoms with van der Waals surface area (Å²) < 4.78 is 45.6. The average molecular weight is 295 g/mol. The smallest absolute Gasteiger partial charge is 0.379 e. The van der Waals surface area contributed by atoms with Gasteiger partial charge in [0.25, 0.3) is 0 Å². The molecule has 0 spiro atoms. The molecular formula is C13H17F4NO2. The van der Waals surface area contributed by atoms with Gasteiger partial charge in [0.1, 0.15) is 12.4 Å². The molecule has 0 aliphatic carbocycles. The molecule has 0 saturated carbocycles. The van der Waals surface area contributed by atoms with Gasteiger partial charge in [-0.15, -0.1) is 0 Å². The van der Waals surface area contributed by atoms with E-state index in [2.05, 4.69) is 5.16 Å². The Hall–Kier alpha value is -1.79. The lowest BCUT2D eigenvalue weighted by Gasteiger charge is -2.05. The Bertz CT molecular complexity index is 380. The molecular weight excluding hydrogens is 278 g/mol. The molecule has 0 unspecified atom stereocenters. The van der Waals surface area contributed by atoms with Crippen LogP contribution in [0.2, 0.25) is 0 Å². The van der Waals surface area contributed by atoms with Crippen LogP contribution in [0.5, 0.6) is 5.75 Å². The first-order valence-electron chi connectivity index (χ1n) is 5.95. The quantitative estimate of drug-likeness (QED) is 0.444. The lowest BCUT2D eigenvalue weighted by Crippen LogP contribution is -2.00. The van der Waals surface area contributed by atoms with Crippen LogP contribution in [0.3, 0.4) is 0 Å². The first kappa shape index (κ1) is 18.2. The minimum atomic E-state index is -3.67. The van der Waals surface area contributed by atoms with Crippen LogP contribution in [0, 0.1) is 0 Å². The van der Waals surface area contributed by atoms with Crippen molar-refractivity contribution in [1.29, 1.82) is 0 Å². The fourth-order valence-corrected chi connectivity index (χ4v) is 1.27. The first-order valence-corrected chi connectivity index (χ1v) is 5.95. The van der Waals surface area contributed by atoms with Crippen molar-refractivity contribution in [2.75, 3.05) is 13.5 Å². The van der Waals surface area contributed by atoms with Crippen LogP contribution in [0.15, 0.2) is 29.4 Å². The first-order chi connectivity index (χ1) is 9.54. The minimum absolute atomic E-state index is 0.512. The maximum absolute atomic E-state index is 11.9. The molecule has 1 rings (SSSR count). The topological polar surface area (TPSA) is 30.8 Å². The fourth-order valence-electron chi connectivity index (χ4n) is 1.27. The predicted molar refractivity (Wildman–Crippen MR) is 68.6 cm³/mol. The number of hydrogen-bond acceptors (Lipinski definition) is 3. The molecule has 0 aliphatic heterocycles. The van der Waals surface area contributed by atoms with Gasteiger partial charge in [-0.1, -0.05) is 12.1 Å². The third-order valence-corrected chi connectivity index (χ3v) is 2.05. The normalized spacial score (nSPS) is 10.8. The molecule has 0 radical (unpaired) electrons. The summed E-state index contributed by atoms with van der Waals surface area (Å²) in [6.45, 7) is -0.0433. The summed E-state index contributed by atoms with van der Waals surface area (Å²) in [7, 11) is 0. The van der Waals surface area contributed by atoms with E-state index in [-0.39, 0.29) is 0 Å². The summed E-state index contributed by atoms with van der Waals surface area (Å²) in [6.07, 6.45) is 0.781. The summed E-state index contributed by atoms with van der Waals surface area (Å²) in [5.74, 6) is 0.512. The van der Waals surface area contributed by atoms with Crippen LogP contribution in [0.25, 0.3) is 0 Å². The number of halogens is 4. The highest BCUT2D eigenvalue weighted by atomic mass is 19.4. The van der Waals surface area contributed by atoms with E-state index in [1.165, 1.54) is 0 Å². The molecule has 0 fully saturated rings. The third kappa shape index (κ3) is 8.34. The monoisotopic (exact) mass is 295 g/mol. The van der Waals surface area contributed by atoms with Gasteiger partial charge in [0.05, 0.1) is 5.71 Å². The van der Waals surface area contributed by atoms with Crippen LogP contribution in [-0.4, -0.2) is 25.9 Å². The number of benzene rings is 1. The van der Waals surface area contributed by atoms with Crippen LogP contribution >= 0.6 is 0 Å². The summed E-state index contributed by atoms with van der Waals surface area (Å²) >= 11 is 0. The van der Waals surface area contributed by atoms with Gasteiger partial charge >= 0.3 is 6.68 Å². The molecule has 0 saturated heterocycles. The highest BCUT2D eigenvalue weighted by Crippen LogP contribution is 2.14. The molecule has 0 bridgehead atoms. The Morgan fingerprint density at radius 1 is 1.15 bits per heavy atom. The molecule has 3 nitrogen and oxygen atoms in total. The lowest BCUT2D eigenvalue weighted by atomic mass is 10.1. The molecule has 20 heavy (non-hydrogen) atoms. The second kappa shape index (κ2) is 11.1. The van der Waals surface area contributed by atoms with E-state index < -0.39 is 13.5 Å². The zero-order chi connectivity index (χ0) is 15.4. The Balaban J connectivity index is 0.000000796. The maximum Gasteiger partial charge on any atom is 0.379 e. The van der Waals surface area contributed by atoms with E-state index in [0.717, 1.165) is 17.7 Å². The summed E-state index contributed by atoms with van der Waals surface area (Å²) in [6, 6.07) is 7.11. The molecule has 1 aromatic carbocycles. The number of ether oxygens (including phenoxy) is 1. The highest BCUT2D eigenvalue weighted by Gasteiger charge is 2.02. The number of oxime groups is 1. The molecule has 0 atom stereocenters. The second-order valence-electron chi connectivity index (χ2n) is 3.33. The molecule has 0 N–H and O–H groups in total. The van der Waals surface area contributed by atoms with Gasteiger partial charge in [0, 0.05) is 0 Å². The molecule has 0 amide bonds. The average Bonchev–Trinajstić information content (AvgIpc) is 2.41. The van der Waals surface area contributed by atoms with Crippen LogP contribution in [0.4, 0.5) is 17.6 Å². The Labute approximate surface area is 115 Å². The van der Waals surface area contributed by atoms with Gasteiger partial charge in [-0.2, -0.15) is 13.2 Å². The van der Waals surface area contributed by atoms with Crippen molar-refractivity contribution in [2.45, 2.75) is 26.9 Å². The molecule has 0 aromatic heterocycles. The predicted octanol–water partition coefficient (Wildman–Crippen LogP) is 4.32. The van der Waals surface area contributed by atoms with Crippen molar-refractivity contribution in [1.82, 2.24) is 0 Å². The minimum Gasteiger partial charge on any atom is -0.463 e. The molecule has 1 aromatic rings. The Kier molecular flexibility index (Phi) is 10.1. The standard InChI is InChI=1S/C12H16FNO2.CHF3/c1-3-12(14-16-4-2)10-5-7-11(8-6-10)15-9-13;2-1(3)4/h5-8H,3-4,9H2,1-2H3;1H/b14-12+;. The van der Waals surface area contributed by atoms with Crippen molar-refractivity contribution in [3.05, 3.63) is 29.8 Å². The number of rotatable bonds is 6. The van der Waals surface area contributed by atoms with Crippen molar-refractivity contribution in [3.8, 4) is 5.75 Å². The lowest BCUT2D eigenvalue weighted by molar-refractivity contribution is 0.00819. The van der Waals surface area contributed by atoms with Crippen LogP contribution in [-0.2, 0) is 4.84 Å². The maximum atomic E-state index is 11.9. The number of alkyl halides is 4. The number of hydrogen-bond donors (Lipinski definition) is 0. The highest BCUT2D eigenvalue weighted by molar-refractivity contribution is 6.00. The van der Waals surface area contributed by atoms with Crippen molar-refractivity contribution in [3.63, 3.8) is 0 Å². The third-order valence-electron chi connectivity index (χ3n) is 2.05. The van der Waals surface area contributed by atoms with Crippen LogP contribution < -0.4 is 4.74 Å². The SMILES string of the molecule is CCO/N=C(\CC)c1ccc(OCF)cc1.FC(F)F. The van der Waals surface area contributed by atoms with E-state index in [9.17, 15) is 17.6 Å².